The number of unbranched alkanes of at least 4 members (excludes halogenated alkanes) is 1. The van der Waals surface area contributed by atoms with Gasteiger partial charge in [-0.05, 0) is 162 Å². The van der Waals surface area contributed by atoms with E-state index in [0.717, 1.165) is 154 Å². The van der Waals surface area contributed by atoms with Gasteiger partial charge in [0.2, 0.25) is 0 Å². The number of ether oxygens (including phenoxy) is 11. The Labute approximate surface area is 522 Å². The lowest BCUT2D eigenvalue weighted by Crippen LogP contribution is -2.39. The summed E-state index contributed by atoms with van der Waals surface area (Å²) in [7, 11) is 4.50. The Morgan fingerprint density at radius 2 is 0.805 bits per heavy atom. The number of nitrogens with one attached hydrogen (secondary N) is 2. The smallest absolute Gasteiger partial charge is 0.407 e. The fourth-order valence-electron chi connectivity index (χ4n) is 14.3. The molecule has 0 spiro atoms. The molecular formula is C68H118N2O17. The minimum absolute atomic E-state index is 0.0393. The number of esters is 4. The van der Waals surface area contributed by atoms with Crippen molar-refractivity contribution in [3.63, 3.8) is 0 Å². The molecule has 2 N–H and O–H groups in total. The van der Waals surface area contributed by atoms with Gasteiger partial charge in [0.15, 0.2) is 0 Å². The second-order valence-corrected chi connectivity index (χ2v) is 26.7. The fourth-order valence-corrected chi connectivity index (χ4v) is 14.3. The van der Waals surface area contributed by atoms with Gasteiger partial charge in [0.05, 0.1) is 79.1 Å². The van der Waals surface area contributed by atoms with Crippen molar-refractivity contribution >= 4 is 36.1 Å². The molecule has 0 aromatic carbocycles. The number of alkyl carbamates (subject to hydrolysis) is 2. The molecule has 0 bridgehead atoms. The maximum Gasteiger partial charge on any atom is 0.407 e. The van der Waals surface area contributed by atoms with Gasteiger partial charge in [0.1, 0.15) is 26.4 Å². The molecule has 0 heterocycles. The highest BCUT2D eigenvalue weighted by atomic mass is 16.6. The van der Waals surface area contributed by atoms with Crippen LogP contribution in [0.2, 0.25) is 0 Å². The van der Waals surface area contributed by atoms with Gasteiger partial charge in [-0.3, -0.25) is 19.2 Å². The van der Waals surface area contributed by atoms with Gasteiger partial charge in [0.25, 0.3) is 0 Å². The number of hydrogen-bond acceptors (Lipinski definition) is 17. The summed E-state index contributed by atoms with van der Waals surface area (Å²) >= 11 is 0. The highest BCUT2D eigenvalue weighted by molar-refractivity contribution is 5.71. The number of rotatable bonds is 42. The molecule has 2 unspecified atom stereocenters. The quantitative estimate of drug-likeness (QED) is 0.0329. The second kappa shape index (κ2) is 43.8. The molecule has 502 valence electrons. The zero-order valence-corrected chi connectivity index (χ0v) is 54.6. The van der Waals surface area contributed by atoms with Crippen molar-refractivity contribution in [1.82, 2.24) is 10.6 Å². The van der Waals surface area contributed by atoms with Crippen LogP contribution in [0.15, 0.2) is 0 Å². The van der Waals surface area contributed by atoms with Crippen LogP contribution in [-0.4, -0.2) is 155 Å². The molecule has 19 nitrogen and oxygen atoms in total. The van der Waals surface area contributed by atoms with Crippen LogP contribution >= 0.6 is 0 Å². The first-order chi connectivity index (χ1) is 42.3. The van der Waals surface area contributed by atoms with Crippen molar-refractivity contribution < 1.29 is 80.9 Å². The Bertz CT molecular complexity index is 1890. The largest absolute Gasteiger partial charge is 0.469 e. The summed E-state index contributed by atoms with van der Waals surface area (Å²) in [4.78, 5) is 75.6. The summed E-state index contributed by atoms with van der Waals surface area (Å²) in [6, 6.07) is 0.248. The lowest BCUT2D eigenvalue weighted by molar-refractivity contribution is -0.160. The molecule has 2 amide bonds. The molecule has 19 heteroatoms. The van der Waals surface area contributed by atoms with Gasteiger partial charge in [-0.15, -0.1) is 0 Å². The van der Waals surface area contributed by atoms with Crippen LogP contribution in [0.5, 0.6) is 0 Å². The van der Waals surface area contributed by atoms with Crippen LogP contribution in [0.25, 0.3) is 0 Å². The van der Waals surface area contributed by atoms with E-state index in [1.54, 1.807) is 7.11 Å². The lowest BCUT2D eigenvalue weighted by Gasteiger charge is -2.34. The summed E-state index contributed by atoms with van der Waals surface area (Å²) in [5, 5.41) is 5.90. The van der Waals surface area contributed by atoms with Crippen molar-refractivity contribution in [2.24, 2.45) is 58.7 Å². The van der Waals surface area contributed by atoms with Crippen molar-refractivity contribution in [3.05, 3.63) is 0 Å². The van der Waals surface area contributed by atoms with E-state index in [1.165, 1.54) is 39.9 Å². The minimum Gasteiger partial charge on any atom is -0.469 e. The number of methoxy groups -OCH3 is 3. The summed E-state index contributed by atoms with van der Waals surface area (Å²) in [6.45, 7) is 8.35. The van der Waals surface area contributed by atoms with Crippen molar-refractivity contribution in [2.75, 3.05) is 107 Å². The SMILES string of the molecule is CCC(CCCCC1CCC(NC(=O)OCCOC(=O)CC2CCC(CC3CCC(CC(=O)OCC(CC)(COCCOCCOCCOCCOC)COC(=O)CC4CCC(CC5CCC(CC(=O)OC)CC5)CC4)CC3)CC2)CC1)NC(=O)OC. The average molecular weight is 1240 g/mol. The van der Waals surface area contributed by atoms with E-state index >= 15 is 0 Å². The Balaban J connectivity index is 0.919. The van der Waals surface area contributed by atoms with E-state index in [0.29, 0.717) is 126 Å². The molecule has 5 fully saturated rings. The maximum atomic E-state index is 13.5. The van der Waals surface area contributed by atoms with Crippen LogP contribution in [0.3, 0.4) is 0 Å². The van der Waals surface area contributed by atoms with Gasteiger partial charge in [-0.25, -0.2) is 9.59 Å². The molecule has 0 aromatic rings. The topological polar surface area (TPSA) is 228 Å². The van der Waals surface area contributed by atoms with Gasteiger partial charge in [-0.2, -0.15) is 0 Å². The van der Waals surface area contributed by atoms with Crippen molar-refractivity contribution in [2.45, 2.75) is 231 Å². The molecule has 2 atom stereocenters. The highest BCUT2D eigenvalue weighted by Crippen LogP contribution is 2.42. The minimum atomic E-state index is -0.688. The molecule has 0 radical (unpaired) electrons. The molecule has 5 saturated carbocycles. The van der Waals surface area contributed by atoms with Crippen LogP contribution in [0.1, 0.15) is 219 Å². The maximum absolute atomic E-state index is 13.5. The van der Waals surface area contributed by atoms with Gasteiger partial charge in [0, 0.05) is 44.9 Å². The summed E-state index contributed by atoms with van der Waals surface area (Å²) in [6.07, 6.45) is 30.5. The zero-order valence-electron chi connectivity index (χ0n) is 54.6. The normalized spacial score (nSPS) is 26.1. The third-order valence-corrected chi connectivity index (χ3v) is 20.2. The van der Waals surface area contributed by atoms with Crippen LogP contribution in [0, 0.1) is 58.7 Å². The molecule has 0 aliphatic heterocycles. The van der Waals surface area contributed by atoms with Gasteiger partial charge < -0.3 is 62.7 Å². The summed E-state index contributed by atoms with van der Waals surface area (Å²) in [5.41, 5.74) is -0.688. The second-order valence-electron chi connectivity index (χ2n) is 26.7. The number of carbonyl (C=O) groups is 6. The first kappa shape index (κ1) is 74.0. The standard InChI is InChI=1S/C68H118N2O17/c1-6-60(69-66(75)79-5)11-9-8-10-51-28-30-61(31-29-51)70-67(76)85-41-40-84-63(72)45-57-22-14-53(15-23-57)43-55-18-26-59(27-19-55)47-65(74)87-50-68(7-2,48-83-39-38-82-37-36-81-35-34-80-33-32-77-3)49-86-64(73)46-58-24-16-54(17-25-58)42-52-12-20-56(21-13-52)44-62(71)78-4/h51-61H,6-50H2,1-5H3,(H,69,75)(H,70,76). The monoisotopic (exact) mass is 1230 g/mol. The Kier molecular flexibility index (Phi) is 37.3. The Morgan fingerprint density at radius 3 is 1.23 bits per heavy atom. The molecule has 5 aliphatic rings. The van der Waals surface area contributed by atoms with Crippen LogP contribution < -0.4 is 10.6 Å². The van der Waals surface area contributed by atoms with Gasteiger partial charge >= 0.3 is 36.1 Å². The van der Waals surface area contributed by atoms with Crippen LogP contribution in [0.4, 0.5) is 9.59 Å². The lowest BCUT2D eigenvalue weighted by atomic mass is 9.72. The molecule has 5 aliphatic carbocycles. The molecule has 87 heavy (non-hydrogen) atoms. The average Bonchev–Trinajstić information content (AvgIpc) is 3.73. The predicted octanol–water partition coefficient (Wildman–Crippen LogP) is 12.4. The van der Waals surface area contributed by atoms with E-state index in [1.807, 2.05) is 6.92 Å². The third kappa shape index (κ3) is 31.7. The Hall–Kier alpha value is -3.78. The number of hydrogen-bond donors (Lipinski definition) is 2. The Morgan fingerprint density at radius 1 is 0.402 bits per heavy atom. The number of carbonyl (C=O) groups excluding carboxylic acids is 6. The van der Waals surface area contributed by atoms with Crippen molar-refractivity contribution in [3.8, 4) is 0 Å². The first-order valence-electron chi connectivity index (χ1n) is 34.4. The molecule has 0 saturated heterocycles. The van der Waals surface area contributed by atoms with E-state index in [-0.39, 0.29) is 81.0 Å². The molecular weight excluding hydrogens is 1120 g/mol. The van der Waals surface area contributed by atoms with E-state index in [2.05, 4.69) is 17.6 Å². The predicted molar refractivity (Wildman–Crippen MR) is 331 cm³/mol. The molecule has 0 aromatic heterocycles. The third-order valence-electron chi connectivity index (χ3n) is 20.2. The highest BCUT2D eigenvalue weighted by Gasteiger charge is 2.36. The molecule has 5 rings (SSSR count). The summed E-state index contributed by atoms with van der Waals surface area (Å²) < 4.78 is 60.5. The fraction of sp³-hybridized carbons (Fsp3) is 0.912. The van der Waals surface area contributed by atoms with Gasteiger partial charge in [-0.1, -0.05) is 84.5 Å². The first-order valence-corrected chi connectivity index (χ1v) is 34.4. The van der Waals surface area contributed by atoms with Crippen LogP contribution in [-0.2, 0) is 71.3 Å². The van der Waals surface area contributed by atoms with E-state index in [9.17, 15) is 28.8 Å². The van der Waals surface area contributed by atoms with E-state index < -0.39 is 11.5 Å². The number of amides is 2. The zero-order chi connectivity index (χ0) is 62.3. The summed E-state index contributed by atoms with van der Waals surface area (Å²) in [5.74, 6) is 3.99. The van der Waals surface area contributed by atoms with E-state index in [4.69, 9.17) is 52.1 Å². The van der Waals surface area contributed by atoms with Crippen molar-refractivity contribution in [1.29, 1.82) is 0 Å².